The predicted octanol–water partition coefficient (Wildman–Crippen LogP) is -0.758. The molecule has 0 aromatic heterocycles. The minimum atomic E-state index is -3.60. The molecule has 0 spiro atoms. The molecule has 4 rings (SSSR count). The van der Waals surface area contributed by atoms with Crippen LogP contribution in [0.15, 0.2) is 15.4 Å². The molecule has 0 radical (unpaired) electrons. The van der Waals surface area contributed by atoms with E-state index in [0.717, 1.165) is 67.1 Å². The quantitative estimate of drug-likeness (QED) is 0.234. The number of benzene rings is 1. The zero-order valence-corrected chi connectivity index (χ0v) is 19.2. The maximum atomic E-state index is 13.3. The Morgan fingerprint density at radius 2 is 1.78 bits per heavy atom. The first-order valence-electron chi connectivity index (χ1n) is 10.7. The fourth-order valence-electron chi connectivity index (χ4n) is 4.63. The van der Waals surface area contributed by atoms with Crippen LogP contribution in [0.5, 0.6) is 0 Å². The molecule has 0 saturated heterocycles. The Kier molecular flexibility index (Phi) is 6.86. The highest BCUT2D eigenvalue weighted by Crippen LogP contribution is 2.39. The van der Waals surface area contributed by atoms with Gasteiger partial charge in [0, 0.05) is 5.69 Å². The van der Waals surface area contributed by atoms with Crippen molar-refractivity contribution in [2.24, 2.45) is 14.5 Å². The van der Waals surface area contributed by atoms with Crippen molar-refractivity contribution in [3.05, 3.63) is 28.3 Å². The van der Waals surface area contributed by atoms with E-state index >= 15 is 0 Å². The second-order valence-corrected chi connectivity index (χ2v) is 11.9. The van der Waals surface area contributed by atoms with Crippen molar-refractivity contribution < 1.29 is 29.7 Å². The van der Waals surface area contributed by atoms with Gasteiger partial charge in [-0.25, -0.2) is 9.35 Å². The maximum Gasteiger partial charge on any atom is 0.233 e. The van der Waals surface area contributed by atoms with Gasteiger partial charge in [-0.15, -0.1) is 0 Å². The third-order valence-electron chi connectivity index (χ3n) is 6.28. The van der Waals surface area contributed by atoms with Gasteiger partial charge in [-0.05, 0) is 60.8 Å². The molecule has 3 aliphatic rings. The average Bonchev–Trinajstić information content (AvgIpc) is 3.51. The number of aliphatic hydroxyl groups is 5. The first kappa shape index (κ1) is 23.9. The Bertz CT molecular complexity index is 1000. The first-order chi connectivity index (χ1) is 15.2. The molecule has 0 saturated carbocycles. The normalized spacial score (nSPS) is 25.1. The number of nitrogens with one attached hydrogen (secondary N) is 1. The largest absolute Gasteiger partial charge is 0.394 e. The van der Waals surface area contributed by atoms with Crippen LogP contribution >= 0.6 is 11.8 Å². The molecule has 12 heteroatoms. The van der Waals surface area contributed by atoms with Crippen LogP contribution in [-0.2, 0) is 35.6 Å². The highest BCUT2D eigenvalue weighted by atomic mass is 32.3. The van der Waals surface area contributed by atoms with Crippen molar-refractivity contribution in [3.63, 3.8) is 0 Å². The van der Waals surface area contributed by atoms with Gasteiger partial charge >= 0.3 is 0 Å². The van der Waals surface area contributed by atoms with Gasteiger partial charge < -0.3 is 30.8 Å². The van der Waals surface area contributed by atoms with Gasteiger partial charge in [0.05, 0.1) is 19.8 Å². The lowest BCUT2D eigenvalue weighted by atomic mass is 9.99. The molecular formula is C20H30N4O6S2. The molecule has 178 valence electrons. The third-order valence-corrected chi connectivity index (χ3v) is 10.2. The molecule has 0 fully saturated rings. The van der Waals surface area contributed by atoms with Crippen molar-refractivity contribution in [2.75, 3.05) is 25.1 Å². The summed E-state index contributed by atoms with van der Waals surface area (Å²) in [6.45, 7) is -2.14. The Labute approximate surface area is 191 Å². The zero-order chi connectivity index (χ0) is 23.1. The minimum Gasteiger partial charge on any atom is -0.394 e. The summed E-state index contributed by atoms with van der Waals surface area (Å²) in [5, 5.41) is 58.4. The number of nitrogens with two attached hydrogens (primary N) is 1. The Balaban J connectivity index is 1.59. The fraction of sp³-hybridized carbons (Fsp3) is 0.650. The van der Waals surface area contributed by atoms with Gasteiger partial charge in [-0.1, -0.05) is 17.8 Å². The molecule has 8 N–H and O–H groups in total. The van der Waals surface area contributed by atoms with Gasteiger partial charge in [0.1, 0.15) is 25.6 Å². The lowest BCUT2D eigenvalue weighted by molar-refractivity contribution is 0.000876. The number of thioether (sulfide) groups is 1. The van der Waals surface area contributed by atoms with Crippen molar-refractivity contribution in [2.45, 2.75) is 61.1 Å². The van der Waals surface area contributed by atoms with E-state index in [1.807, 2.05) is 0 Å². The molecular weight excluding hydrogens is 456 g/mol. The Morgan fingerprint density at radius 3 is 2.31 bits per heavy atom. The molecule has 4 atom stereocenters. The van der Waals surface area contributed by atoms with E-state index in [4.69, 9.17) is 5.14 Å². The van der Waals surface area contributed by atoms with E-state index in [0.29, 0.717) is 0 Å². The number of fused-ring (bicyclic) bond motifs is 2. The molecule has 3 unspecified atom stereocenters. The predicted molar refractivity (Wildman–Crippen MR) is 124 cm³/mol. The summed E-state index contributed by atoms with van der Waals surface area (Å²) >= 11 is 0.782. The van der Waals surface area contributed by atoms with Crippen molar-refractivity contribution >= 4 is 32.4 Å². The number of hydrogen-bond donors (Lipinski definition) is 7. The van der Waals surface area contributed by atoms with Crippen LogP contribution in [0, 0.1) is 0 Å². The van der Waals surface area contributed by atoms with Crippen molar-refractivity contribution in [1.29, 1.82) is 0 Å². The van der Waals surface area contributed by atoms with E-state index in [-0.39, 0.29) is 5.04 Å². The fourth-order valence-corrected chi connectivity index (χ4v) is 7.75. The highest BCUT2D eigenvalue weighted by Gasteiger charge is 2.44. The topological polar surface area (TPSA) is 181 Å². The first-order valence-corrected chi connectivity index (χ1v) is 13.2. The Morgan fingerprint density at radius 1 is 1.19 bits per heavy atom. The Hall–Kier alpha value is -1.25. The van der Waals surface area contributed by atoms with E-state index in [1.54, 1.807) is 0 Å². The zero-order valence-electron chi connectivity index (χ0n) is 17.6. The number of rotatable bonds is 8. The lowest BCUT2D eigenvalue weighted by Gasteiger charge is -2.24. The summed E-state index contributed by atoms with van der Waals surface area (Å²) in [5.74, 6) is 0. The summed E-state index contributed by atoms with van der Waals surface area (Å²) in [6.07, 6.45) is 4.34. The van der Waals surface area contributed by atoms with Gasteiger partial charge in [0.15, 0.2) is 5.60 Å². The molecule has 0 amide bonds. The molecule has 0 bridgehead atoms. The van der Waals surface area contributed by atoms with E-state index in [9.17, 15) is 29.7 Å². The summed E-state index contributed by atoms with van der Waals surface area (Å²) in [4.78, 5) is 4.09. The van der Waals surface area contributed by atoms with E-state index in [2.05, 4.69) is 20.7 Å². The number of aryl methyl sites for hydroxylation is 2. The van der Waals surface area contributed by atoms with Gasteiger partial charge in [-0.2, -0.15) is 4.36 Å². The van der Waals surface area contributed by atoms with Gasteiger partial charge in [-0.3, -0.25) is 4.99 Å². The van der Waals surface area contributed by atoms with E-state index in [1.165, 1.54) is 11.1 Å². The SMILES string of the molecule is NS(=O)(=NC(O)Nc1c2c(cc3c1CCC3)CCC2)C1SC(C(O)(CO)CO)=N[C@H]1CO. The standard InChI is InChI=1S/C20H30N4O6S2/c21-32(30,17-15(8-25)22-18(31-17)20(29,9-26)10-27)24-19(28)23-16-13-5-1-3-11(13)7-12-4-2-6-14(12)16/h7,15,17,19,23,25-29H,1-6,8-10H2,(H2,21,24,30)/t15-,17?,19?,32?/m0/s1. The average molecular weight is 487 g/mol. The smallest absolute Gasteiger partial charge is 0.233 e. The molecule has 1 aliphatic heterocycles. The van der Waals surface area contributed by atoms with E-state index < -0.39 is 52.3 Å². The van der Waals surface area contributed by atoms with Crippen LogP contribution in [0.2, 0.25) is 0 Å². The number of nitrogens with zero attached hydrogens (tertiary/aromatic N) is 2. The van der Waals surface area contributed by atoms with Crippen LogP contribution in [-0.4, -0.2) is 77.2 Å². The van der Waals surface area contributed by atoms with Crippen molar-refractivity contribution in [1.82, 2.24) is 0 Å². The highest BCUT2D eigenvalue weighted by molar-refractivity contribution is 8.23. The minimum absolute atomic E-state index is 0.0823. The summed E-state index contributed by atoms with van der Waals surface area (Å²) in [6, 6.07) is 1.28. The summed E-state index contributed by atoms with van der Waals surface area (Å²) in [7, 11) is -3.60. The van der Waals surface area contributed by atoms with Crippen molar-refractivity contribution in [3.8, 4) is 0 Å². The number of aliphatic imine (C=N–C) groups is 1. The lowest BCUT2D eigenvalue weighted by Crippen LogP contribution is -2.44. The van der Waals surface area contributed by atoms with Crippen LogP contribution in [0.4, 0.5) is 5.69 Å². The van der Waals surface area contributed by atoms with Crippen LogP contribution in [0.1, 0.15) is 35.1 Å². The molecule has 1 aromatic carbocycles. The van der Waals surface area contributed by atoms with Crippen LogP contribution in [0.3, 0.4) is 0 Å². The van der Waals surface area contributed by atoms with Crippen LogP contribution < -0.4 is 10.5 Å². The summed E-state index contributed by atoms with van der Waals surface area (Å²) in [5.41, 5.74) is 3.67. The molecule has 1 aromatic rings. The van der Waals surface area contributed by atoms with Crippen LogP contribution in [0.25, 0.3) is 0 Å². The number of aliphatic hydroxyl groups excluding tert-OH is 4. The number of hydrogen-bond acceptors (Lipinski definition) is 10. The second-order valence-electron chi connectivity index (χ2n) is 8.49. The molecule has 2 aliphatic carbocycles. The number of anilines is 1. The molecule has 1 heterocycles. The third kappa shape index (κ3) is 4.30. The molecule has 32 heavy (non-hydrogen) atoms. The second kappa shape index (κ2) is 9.18. The molecule has 10 nitrogen and oxygen atoms in total. The maximum absolute atomic E-state index is 13.3. The summed E-state index contributed by atoms with van der Waals surface area (Å²) < 4.78 is 16.1. The monoisotopic (exact) mass is 486 g/mol. The van der Waals surface area contributed by atoms with Gasteiger partial charge in [0.25, 0.3) is 0 Å². The van der Waals surface area contributed by atoms with Gasteiger partial charge in [0.2, 0.25) is 6.35 Å².